The van der Waals surface area contributed by atoms with Gasteiger partial charge in [-0.1, -0.05) is 28.1 Å². The first-order chi connectivity index (χ1) is 9.88. The summed E-state index contributed by atoms with van der Waals surface area (Å²) in [7, 11) is 0. The largest absolute Gasteiger partial charge is 0.396 e. The maximum Gasteiger partial charge on any atom is 0.242 e. The minimum atomic E-state index is -0.0870. The Bertz CT molecular complexity index is 648. The topological polar surface area (TPSA) is 72.9 Å². The first-order valence-electron chi connectivity index (χ1n) is 6.72. The van der Waals surface area contributed by atoms with Crippen LogP contribution in [0.2, 0.25) is 0 Å². The van der Waals surface area contributed by atoms with E-state index in [9.17, 15) is 4.79 Å². The lowest BCUT2D eigenvalue weighted by molar-refractivity contribution is -0.122. The zero-order valence-electron chi connectivity index (χ0n) is 12.4. The van der Waals surface area contributed by atoms with E-state index in [0.717, 1.165) is 21.4 Å². The third-order valence-electron chi connectivity index (χ3n) is 3.48. The predicted octanol–water partition coefficient (Wildman–Crippen LogP) is 2.72. The SMILES string of the molecule is Cc1nn(CC(=O)N[C@@H](C)c2ccc(Br)cc2)c(C)c1N. The van der Waals surface area contributed by atoms with E-state index in [1.165, 1.54) is 0 Å². The van der Waals surface area contributed by atoms with E-state index in [0.29, 0.717) is 5.69 Å². The lowest BCUT2D eigenvalue weighted by Crippen LogP contribution is -2.30. The molecule has 0 saturated heterocycles. The highest BCUT2D eigenvalue weighted by Crippen LogP contribution is 2.17. The molecule has 0 aliphatic heterocycles. The van der Waals surface area contributed by atoms with Crippen molar-refractivity contribution in [1.29, 1.82) is 0 Å². The fourth-order valence-electron chi connectivity index (χ4n) is 2.12. The highest BCUT2D eigenvalue weighted by molar-refractivity contribution is 9.10. The molecule has 21 heavy (non-hydrogen) atoms. The minimum Gasteiger partial charge on any atom is -0.396 e. The molecule has 1 heterocycles. The van der Waals surface area contributed by atoms with Crippen LogP contribution >= 0.6 is 15.9 Å². The molecule has 1 aromatic heterocycles. The average molecular weight is 351 g/mol. The normalized spacial score (nSPS) is 12.2. The van der Waals surface area contributed by atoms with Crippen LogP contribution in [0.4, 0.5) is 5.69 Å². The van der Waals surface area contributed by atoms with Crippen LogP contribution in [0, 0.1) is 13.8 Å². The van der Waals surface area contributed by atoms with E-state index in [1.54, 1.807) is 4.68 Å². The smallest absolute Gasteiger partial charge is 0.242 e. The summed E-state index contributed by atoms with van der Waals surface area (Å²) in [6.07, 6.45) is 0. The summed E-state index contributed by atoms with van der Waals surface area (Å²) >= 11 is 3.40. The first kappa shape index (κ1) is 15.6. The van der Waals surface area contributed by atoms with Crippen molar-refractivity contribution in [2.75, 3.05) is 5.73 Å². The Labute approximate surface area is 132 Å². The number of hydrogen-bond acceptors (Lipinski definition) is 3. The number of nitrogens with two attached hydrogens (primary N) is 1. The van der Waals surface area contributed by atoms with Crippen molar-refractivity contribution >= 4 is 27.5 Å². The van der Waals surface area contributed by atoms with Crippen LogP contribution in [0.3, 0.4) is 0 Å². The van der Waals surface area contributed by atoms with Crippen molar-refractivity contribution in [2.45, 2.75) is 33.4 Å². The summed E-state index contributed by atoms with van der Waals surface area (Å²) in [5, 5.41) is 7.23. The number of rotatable bonds is 4. The van der Waals surface area contributed by atoms with E-state index in [4.69, 9.17) is 5.73 Å². The molecule has 6 heteroatoms. The van der Waals surface area contributed by atoms with Gasteiger partial charge in [-0.05, 0) is 38.5 Å². The van der Waals surface area contributed by atoms with Gasteiger partial charge in [0.05, 0.1) is 23.1 Å². The molecular weight excluding hydrogens is 332 g/mol. The van der Waals surface area contributed by atoms with Crippen molar-refractivity contribution < 1.29 is 4.79 Å². The van der Waals surface area contributed by atoms with Gasteiger partial charge in [0.1, 0.15) is 6.54 Å². The molecule has 2 aromatic rings. The molecular formula is C15H19BrN4O. The third-order valence-corrected chi connectivity index (χ3v) is 4.01. The third kappa shape index (κ3) is 3.64. The molecule has 0 radical (unpaired) electrons. The summed E-state index contributed by atoms with van der Waals surface area (Å²) in [6.45, 7) is 5.82. The average Bonchev–Trinajstić information content (AvgIpc) is 2.67. The number of amides is 1. The van der Waals surface area contributed by atoms with Gasteiger partial charge in [-0.3, -0.25) is 9.48 Å². The van der Waals surface area contributed by atoms with Gasteiger partial charge in [0.25, 0.3) is 0 Å². The van der Waals surface area contributed by atoms with E-state index < -0.39 is 0 Å². The molecule has 2 rings (SSSR count). The van der Waals surface area contributed by atoms with Gasteiger partial charge in [0.15, 0.2) is 0 Å². The number of aromatic nitrogens is 2. The summed E-state index contributed by atoms with van der Waals surface area (Å²) in [5.74, 6) is -0.0870. The highest BCUT2D eigenvalue weighted by Gasteiger charge is 2.14. The van der Waals surface area contributed by atoms with E-state index in [2.05, 4.69) is 26.3 Å². The number of carbonyl (C=O) groups is 1. The Morgan fingerprint density at radius 1 is 1.38 bits per heavy atom. The predicted molar refractivity (Wildman–Crippen MR) is 86.8 cm³/mol. The van der Waals surface area contributed by atoms with Crippen LogP contribution < -0.4 is 11.1 Å². The highest BCUT2D eigenvalue weighted by atomic mass is 79.9. The number of benzene rings is 1. The standard InChI is InChI=1S/C15H19BrN4O/c1-9(12-4-6-13(16)7-5-12)18-14(21)8-20-11(3)15(17)10(2)19-20/h4-7,9H,8,17H2,1-3H3,(H,18,21)/t9-/m0/s1. The van der Waals surface area contributed by atoms with Crippen LogP contribution in [0.15, 0.2) is 28.7 Å². The number of hydrogen-bond donors (Lipinski definition) is 2. The molecule has 3 N–H and O–H groups in total. The van der Waals surface area contributed by atoms with Crippen LogP contribution in [0.5, 0.6) is 0 Å². The van der Waals surface area contributed by atoms with Crippen LogP contribution in [0.1, 0.15) is 29.9 Å². The number of nitrogens with zero attached hydrogens (tertiary/aromatic N) is 2. The van der Waals surface area contributed by atoms with E-state index in [-0.39, 0.29) is 18.5 Å². The Balaban J connectivity index is 2.01. The summed E-state index contributed by atoms with van der Waals surface area (Å²) in [4.78, 5) is 12.1. The number of nitrogen functional groups attached to an aromatic ring is 1. The molecule has 0 aliphatic rings. The molecule has 112 valence electrons. The fourth-order valence-corrected chi connectivity index (χ4v) is 2.39. The first-order valence-corrected chi connectivity index (χ1v) is 7.52. The van der Waals surface area contributed by atoms with Gasteiger partial charge in [0, 0.05) is 4.47 Å². The summed E-state index contributed by atoms with van der Waals surface area (Å²) in [6, 6.07) is 7.83. The Kier molecular flexibility index (Phi) is 4.67. The van der Waals surface area contributed by atoms with Crippen LogP contribution in [-0.2, 0) is 11.3 Å². The monoisotopic (exact) mass is 350 g/mol. The minimum absolute atomic E-state index is 0.0556. The number of halogens is 1. The fraction of sp³-hybridized carbons (Fsp3) is 0.333. The molecule has 0 fully saturated rings. The number of carbonyl (C=O) groups excluding carboxylic acids is 1. The van der Waals surface area contributed by atoms with Gasteiger partial charge >= 0.3 is 0 Å². The second-order valence-electron chi connectivity index (χ2n) is 5.08. The molecule has 1 atom stereocenters. The molecule has 1 amide bonds. The maximum absolute atomic E-state index is 12.1. The Morgan fingerprint density at radius 3 is 2.52 bits per heavy atom. The summed E-state index contributed by atoms with van der Waals surface area (Å²) in [5.41, 5.74) is 9.13. The lowest BCUT2D eigenvalue weighted by atomic mass is 10.1. The number of anilines is 1. The van der Waals surface area contributed by atoms with Crippen molar-refractivity contribution in [2.24, 2.45) is 0 Å². The molecule has 0 bridgehead atoms. The zero-order valence-corrected chi connectivity index (χ0v) is 13.9. The van der Waals surface area contributed by atoms with Crippen molar-refractivity contribution in [3.05, 3.63) is 45.7 Å². The summed E-state index contributed by atoms with van der Waals surface area (Å²) < 4.78 is 2.65. The van der Waals surface area contributed by atoms with Gasteiger partial charge in [0.2, 0.25) is 5.91 Å². The molecule has 0 aliphatic carbocycles. The van der Waals surface area contributed by atoms with Crippen molar-refractivity contribution in [1.82, 2.24) is 15.1 Å². The van der Waals surface area contributed by atoms with E-state index >= 15 is 0 Å². The molecule has 5 nitrogen and oxygen atoms in total. The number of aryl methyl sites for hydroxylation is 1. The van der Waals surface area contributed by atoms with Crippen molar-refractivity contribution in [3.63, 3.8) is 0 Å². The molecule has 0 unspecified atom stereocenters. The molecule has 0 spiro atoms. The van der Waals surface area contributed by atoms with Gasteiger partial charge in [-0.15, -0.1) is 0 Å². The maximum atomic E-state index is 12.1. The van der Waals surface area contributed by atoms with Gasteiger partial charge < -0.3 is 11.1 Å². The Morgan fingerprint density at radius 2 is 2.00 bits per heavy atom. The zero-order chi connectivity index (χ0) is 15.6. The number of nitrogens with one attached hydrogen (secondary N) is 1. The lowest BCUT2D eigenvalue weighted by Gasteiger charge is -2.15. The van der Waals surface area contributed by atoms with Crippen molar-refractivity contribution in [3.8, 4) is 0 Å². The van der Waals surface area contributed by atoms with Crippen LogP contribution in [-0.4, -0.2) is 15.7 Å². The second-order valence-corrected chi connectivity index (χ2v) is 6.00. The Hall–Kier alpha value is -1.82. The quantitative estimate of drug-likeness (QED) is 0.890. The molecule has 1 aromatic carbocycles. The van der Waals surface area contributed by atoms with E-state index in [1.807, 2.05) is 45.0 Å². The van der Waals surface area contributed by atoms with Gasteiger partial charge in [-0.25, -0.2) is 0 Å². The second kappa shape index (κ2) is 6.30. The molecule has 0 saturated carbocycles. The van der Waals surface area contributed by atoms with Crippen LogP contribution in [0.25, 0.3) is 0 Å². The van der Waals surface area contributed by atoms with Gasteiger partial charge in [-0.2, -0.15) is 5.10 Å².